The largest absolute Gasteiger partial charge is 0.240 e. The highest BCUT2D eigenvalue weighted by Crippen LogP contribution is 2.13. The number of aromatic nitrogens is 4. The molecule has 0 radical (unpaired) electrons. The molecule has 2 N–H and O–H groups in total. The predicted molar refractivity (Wildman–Crippen MR) is 64.5 cm³/mol. The zero-order chi connectivity index (χ0) is 13.0. The molecule has 0 aliphatic heterocycles. The standard InChI is InChI=1S/C9H10ClN5O2S/c10-7-1-3-8(4-2-7)18(16,17)11-6-5-9-12-14-15-13-9/h1-4,11H,5-6H2,(H,12,13,14,15). The molecule has 1 heterocycles. The lowest BCUT2D eigenvalue weighted by atomic mass is 10.4. The van der Waals surface area contributed by atoms with Gasteiger partial charge in [0, 0.05) is 18.0 Å². The Balaban J connectivity index is 1.97. The molecule has 0 unspecified atom stereocenters. The summed E-state index contributed by atoms with van der Waals surface area (Å²) < 4.78 is 26.1. The summed E-state index contributed by atoms with van der Waals surface area (Å²) >= 11 is 5.69. The summed E-state index contributed by atoms with van der Waals surface area (Å²) in [6, 6.07) is 5.93. The Bertz CT molecular complexity index is 596. The second kappa shape index (κ2) is 5.42. The fourth-order valence-electron chi connectivity index (χ4n) is 1.28. The van der Waals surface area contributed by atoms with E-state index in [9.17, 15) is 8.42 Å². The first-order valence-electron chi connectivity index (χ1n) is 5.05. The van der Waals surface area contributed by atoms with Crippen molar-refractivity contribution in [3.05, 3.63) is 35.1 Å². The third kappa shape index (κ3) is 3.25. The van der Waals surface area contributed by atoms with Gasteiger partial charge in [-0.1, -0.05) is 16.8 Å². The zero-order valence-corrected chi connectivity index (χ0v) is 10.7. The Morgan fingerprint density at radius 2 is 2.00 bits per heavy atom. The molecule has 18 heavy (non-hydrogen) atoms. The normalized spacial score (nSPS) is 11.6. The van der Waals surface area contributed by atoms with Crippen LogP contribution in [0.1, 0.15) is 5.82 Å². The summed E-state index contributed by atoms with van der Waals surface area (Å²) in [6.45, 7) is 0.199. The maximum absolute atomic E-state index is 11.9. The molecule has 0 atom stereocenters. The Morgan fingerprint density at radius 3 is 2.61 bits per heavy atom. The first-order valence-corrected chi connectivity index (χ1v) is 6.91. The van der Waals surface area contributed by atoms with Crippen molar-refractivity contribution in [2.75, 3.05) is 6.54 Å². The third-order valence-corrected chi connectivity index (χ3v) is 3.88. The van der Waals surface area contributed by atoms with Crippen LogP contribution in [0.5, 0.6) is 0 Å². The number of benzene rings is 1. The van der Waals surface area contributed by atoms with E-state index in [1.165, 1.54) is 24.3 Å². The van der Waals surface area contributed by atoms with E-state index < -0.39 is 10.0 Å². The van der Waals surface area contributed by atoms with Crippen LogP contribution >= 0.6 is 11.6 Å². The molecular formula is C9H10ClN5O2S. The smallest absolute Gasteiger partial charge is 0.211 e. The number of halogens is 1. The minimum atomic E-state index is -3.53. The van der Waals surface area contributed by atoms with Crippen LogP contribution in [0.3, 0.4) is 0 Å². The van der Waals surface area contributed by atoms with Crippen molar-refractivity contribution in [1.82, 2.24) is 25.3 Å². The van der Waals surface area contributed by atoms with Crippen molar-refractivity contribution < 1.29 is 8.42 Å². The van der Waals surface area contributed by atoms with Gasteiger partial charge in [-0.2, -0.15) is 5.21 Å². The number of rotatable bonds is 5. The van der Waals surface area contributed by atoms with E-state index in [1.807, 2.05) is 0 Å². The second-order valence-electron chi connectivity index (χ2n) is 3.43. The van der Waals surface area contributed by atoms with Gasteiger partial charge in [0.15, 0.2) is 5.82 Å². The summed E-state index contributed by atoms with van der Waals surface area (Å²) in [5.74, 6) is 0.453. The van der Waals surface area contributed by atoms with Gasteiger partial charge in [0.25, 0.3) is 0 Å². The molecule has 0 saturated heterocycles. The van der Waals surface area contributed by atoms with Gasteiger partial charge in [-0.15, -0.1) is 10.2 Å². The molecule has 96 valence electrons. The molecule has 0 aliphatic rings. The molecule has 9 heteroatoms. The van der Waals surface area contributed by atoms with Crippen molar-refractivity contribution in [2.24, 2.45) is 0 Å². The van der Waals surface area contributed by atoms with Crippen LogP contribution in [-0.2, 0) is 16.4 Å². The molecular weight excluding hydrogens is 278 g/mol. The fraction of sp³-hybridized carbons (Fsp3) is 0.222. The highest BCUT2D eigenvalue weighted by molar-refractivity contribution is 7.89. The predicted octanol–water partition coefficient (Wildman–Crippen LogP) is 0.374. The highest BCUT2D eigenvalue weighted by atomic mass is 35.5. The number of sulfonamides is 1. The minimum absolute atomic E-state index is 0.167. The van der Waals surface area contributed by atoms with Gasteiger partial charge >= 0.3 is 0 Å². The van der Waals surface area contributed by atoms with Crippen molar-refractivity contribution in [2.45, 2.75) is 11.3 Å². The Kier molecular flexibility index (Phi) is 3.90. The second-order valence-corrected chi connectivity index (χ2v) is 5.63. The average molecular weight is 288 g/mol. The molecule has 1 aromatic carbocycles. The van der Waals surface area contributed by atoms with Crippen LogP contribution in [0, 0.1) is 0 Å². The third-order valence-electron chi connectivity index (χ3n) is 2.15. The average Bonchev–Trinajstić information content (AvgIpc) is 2.82. The first kappa shape index (κ1) is 12.9. The van der Waals surface area contributed by atoms with E-state index in [1.54, 1.807) is 0 Å². The summed E-state index contributed by atoms with van der Waals surface area (Å²) in [5, 5.41) is 13.6. The van der Waals surface area contributed by atoms with Crippen LogP contribution < -0.4 is 4.72 Å². The Hall–Kier alpha value is -1.51. The maximum atomic E-state index is 11.9. The van der Waals surface area contributed by atoms with Crippen molar-refractivity contribution >= 4 is 21.6 Å². The fourth-order valence-corrected chi connectivity index (χ4v) is 2.44. The topological polar surface area (TPSA) is 101 Å². The zero-order valence-electron chi connectivity index (χ0n) is 9.17. The number of hydrogen-bond donors (Lipinski definition) is 2. The Labute approximate surface area is 109 Å². The molecule has 2 rings (SSSR count). The highest BCUT2D eigenvalue weighted by Gasteiger charge is 2.13. The number of H-pyrrole nitrogens is 1. The van der Waals surface area contributed by atoms with E-state index in [4.69, 9.17) is 11.6 Å². The lowest BCUT2D eigenvalue weighted by Gasteiger charge is -2.05. The van der Waals surface area contributed by atoms with Crippen LogP contribution in [-0.4, -0.2) is 35.6 Å². The van der Waals surface area contributed by atoms with Crippen LogP contribution in [0.2, 0.25) is 5.02 Å². The van der Waals surface area contributed by atoms with Crippen LogP contribution in [0.4, 0.5) is 0 Å². The number of hydrogen-bond acceptors (Lipinski definition) is 5. The lowest BCUT2D eigenvalue weighted by Crippen LogP contribution is -2.26. The van der Waals surface area contributed by atoms with Gasteiger partial charge in [0.05, 0.1) is 4.90 Å². The summed E-state index contributed by atoms with van der Waals surface area (Å²) in [7, 11) is -3.53. The lowest BCUT2D eigenvalue weighted by molar-refractivity contribution is 0.581. The quantitative estimate of drug-likeness (QED) is 0.828. The van der Waals surface area contributed by atoms with Crippen molar-refractivity contribution in [1.29, 1.82) is 0 Å². The van der Waals surface area contributed by atoms with E-state index in [2.05, 4.69) is 25.3 Å². The summed E-state index contributed by atoms with van der Waals surface area (Å²) in [6.07, 6.45) is 0.364. The number of nitrogens with one attached hydrogen (secondary N) is 2. The van der Waals surface area contributed by atoms with E-state index in [0.29, 0.717) is 17.3 Å². The van der Waals surface area contributed by atoms with Gasteiger partial charge in [-0.25, -0.2) is 13.1 Å². The first-order chi connectivity index (χ1) is 8.58. The van der Waals surface area contributed by atoms with Gasteiger partial charge in [0.1, 0.15) is 0 Å². The van der Waals surface area contributed by atoms with E-state index in [-0.39, 0.29) is 11.4 Å². The molecule has 0 fully saturated rings. The van der Waals surface area contributed by atoms with Gasteiger partial charge in [-0.05, 0) is 24.3 Å². The van der Waals surface area contributed by atoms with Gasteiger partial charge in [-0.3, -0.25) is 0 Å². The number of aromatic amines is 1. The molecule has 7 nitrogen and oxygen atoms in total. The molecule has 2 aromatic rings. The summed E-state index contributed by atoms with van der Waals surface area (Å²) in [4.78, 5) is 0.167. The van der Waals surface area contributed by atoms with Crippen molar-refractivity contribution in [3.8, 4) is 0 Å². The number of nitrogens with zero attached hydrogens (tertiary/aromatic N) is 3. The molecule has 1 aromatic heterocycles. The maximum Gasteiger partial charge on any atom is 0.240 e. The van der Waals surface area contributed by atoms with Crippen molar-refractivity contribution in [3.63, 3.8) is 0 Å². The SMILES string of the molecule is O=S(=O)(NCCc1nn[nH]n1)c1ccc(Cl)cc1. The Morgan fingerprint density at radius 1 is 1.28 bits per heavy atom. The number of tetrazole rings is 1. The molecule has 0 aliphatic carbocycles. The van der Waals surface area contributed by atoms with E-state index in [0.717, 1.165) is 0 Å². The van der Waals surface area contributed by atoms with E-state index >= 15 is 0 Å². The molecule has 0 amide bonds. The summed E-state index contributed by atoms with van der Waals surface area (Å²) in [5.41, 5.74) is 0. The van der Waals surface area contributed by atoms with Crippen LogP contribution in [0.15, 0.2) is 29.2 Å². The van der Waals surface area contributed by atoms with Gasteiger partial charge < -0.3 is 0 Å². The van der Waals surface area contributed by atoms with Crippen LogP contribution in [0.25, 0.3) is 0 Å². The monoisotopic (exact) mass is 287 g/mol. The molecule has 0 spiro atoms. The van der Waals surface area contributed by atoms with Gasteiger partial charge in [0.2, 0.25) is 10.0 Å². The minimum Gasteiger partial charge on any atom is -0.211 e. The molecule has 0 bridgehead atoms. The molecule has 0 saturated carbocycles.